The first kappa shape index (κ1) is 31.1. The maximum absolute atomic E-state index is 13.2. The highest BCUT2D eigenvalue weighted by atomic mass is 17.2. The summed E-state index contributed by atoms with van der Waals surface area (Å²) >= 11 is 0. The summed E-state index contributed by atoms with van der Waals surface area (Å²) in [5.74, 6) is -0.273. The second-order valence-electron chi connectivity index (χ2n) is 10.1. The number of rotatable bonds is 8. The minimum atomic E-state index is -1.78. The Morgan fingerprint density at radius 2 is 1.56 bits per heavy atom. The lowest BCUT2D eigenvalue weighted by Gasteiger charge is -2.45. The van der Waals surface area contributed by atoms with Crippen LogP contribution in [0.4, 0.5) is 0 Å². The molecule has 43 heavy (non-hydrogen) atoms. The van der Waals surface area contributed by atoms with Crippen molar-refractivity contribution in [3.8, 4) is 23.0 Å². The summed E-state index contributed by atoms with van der Waals surface area (Å²) < 4.78 is 32.9. The van der Waals surface area contributed by atoms with Gasteiger partial charge in [0.2, 0.25) is 17.5 Å². The average Bonchev–Trinajstić information content (AvgIpc) is 2.99. The first-order valence-electron chi connectivity index (χ1n) is 13.2. The Morgan fingerprint density at radius 1 is 0.814 bits per heavy atom. The molecule has 0 aliphatic carbocycles. The smallest absolute Gasteiger partial charge is 0.232 e. The van der Waals surface area contributed by atoms with Crippen molar-refractivity contribution in [1.82, 2.24) is 0 Å². The molecule has 3 heterocycles. The monoisotopic (exact) mass is 612 g/mol. The van der Waals surface area contributed by atoms with Crippen LogP contribution in [0.2, 0.25) is 0 Å². The largest absolute Gasteiger partial charge is 0.507 e. The fraction of sp³-hybridized carbons (Fsp3) is 0.519. The topological polar surface area (TPSA) is 236 Å². The van der Waals surface area contributed by atoms with E-state index < -0.39 is 73.4 Å². The Morgan fingerprint density at radius 3 is 2.23 bits per heavy atom. The van der Waals surface area contributed by atoms with Crippen molar-refractivity contribution < 1.29 is 73.6 Å². The number of hydrogen-bond acceptors (Lipinski definition) is 16. The number of aromatic hydroxyl groups is 1. The van der Waals surface area contributed by atoms with Gasteiger partial charge in [-0.3, -0.25) is 4.79 Å². The fourth-order valence-electron chi connectivity index (χ4n) is 4.94. The standard InChI is InChI=1S/C27H32O16/c1-9-19(30)22(33)24(35)26(38-9)41-25-23(34)21(32)17(8-28)40-27(25)43-42-15-7-13-11(6-14(15)37-3)20(31)18-12(29)4-10(36-2)5-16(18)39-13/h4-7,9,17,19,21-30,32-35H,8H2,1-3H3. The third-order valence-electron chi connectivity index (χ3n) is 7.40. The molecule has 10 unspecified atom stereocenters. The Balaban J connectivity index is 1.45. The molecular weight excluding hydrogens is 580 g/mol. The van der Waals surface area contributed by atoms with E-state index in [1.807, 2.05) is 0 Å². The van der Waals surface area contributed by atoms with E-state index in [1.54, 1.807) is 0 Å². The van der Waals surface area contributed by atoms with Crippen molar-refractivity contribution in [3.63, 3.8) is 0 Å². The van der Waals surface area contributed by atoms with Crippen molar-refractivity contribution >= 4 is 21.9 Å². The van der Waals surface area contributed by atoms with Gasteiger partial charge in [-0.05, 0) is 13.0 Å². The first-order chi connectivity index (χ1) is 20.5. The molecule has 0 radical (unpaired) electrons. The predicted octanol–water partition coefficient (Wildman–Crippen LogP) is -1.37. The van der Waals surface area contributed by atoms with Crippen LogP contribution in [0, 0.1) is 0 Å². The molecule has 236 valence electrons. The first-order valence-corrected chi connectivity index (χ1v) is 13.2. The third kappa shape index (κ3) is 5.69. The summed E-state index contributed by atoms with van der Waals surface area (Å²) in [6, 6.07) is 5.22. The molecule has 2 saturated heterocycles. The Labute approximate surface area is 242 Å². The second-order valence-corrected chi connectivity index (χ2v) is 10.1. The van der Waals surface area contributed by atoms with Crippen LogP contribution in [0.3, 0.4) is 0 Å². The summed E-state index contributed by atoms with van der Waals surface area (Å²) in [7, 11) is 2.66. The Kier molecular flexibility index (Phi) is 8.96. The van der Waals surface area contributed by atoms with Gasteiger partial charge in [0.05, 0.1) is 32.3 Å². The molecule has 0 saturated carbocycles. The second kappa shape index (κ2) is 12.4. The van der Waals surface area contributed by atoms with E-state index in [1.165, 1.54) is 45.4 Å². The van der Waals surface area contributed by atoms with E-state index in [4.69, 9.17) is 37.9 Å². The van der Waals surface area contributed by atoms with Crippen LogP contribution < -0.4 is 19.8 Å². The number of methoxy groups -OCH3 is 2. The zero-order chi connectivity index (χ0) is 31.2. The molecule has 0 spiro atoms. The molecule has 2 aliphatic heterocycles. The van der Waals surface area contributed by atoms with Gasteiger partial charge in [-0.2, -0.15) is 4.89 Å². The highest BCUT2D eigenvalue weighted by Gasteiger charge is 2.51. The van der Waals surface area contributed by atoms with Gasteiger partial charge in [0.1, 0.15) is 70.8 Å². The number of aliphatic hydroxyl groups excluding tert-OH is 6. The molecule has 2 aromatic carbocycles. The zero-order valence-corrected chi connectivity index (χ0v) is 23.1. The van der Waals surface area contributed by atoms with Gasteiger partial charge in [-0.1, -0.05) is 0 Å². The summed E-state index contributed by atoms with van der Waals surface area (Å²) in [5.41, 5.74) is -0.543. The van der Waals surface area contributed by atoms with Gasteiger partial charge < -0.3 is 68.7 Å². The molecule has 7 N–H and O–H groups in total. The summed E-state index contributed by atoms with van der Waals surface area (Å²) in [6.07, 6.45) is -15.5. The van der Waals surface area contributed by atoms with Gasteiger partial charge >= 0.3 is 0 Å². The van der Waals surface area contributed by atoms with Crippen molar-refractivity contribution in [2.45, 2.75) is 68.3 Å². The van der Waals surface area contributed by atoms with Crippen LogP contribution in [0.1, 0.15) is 6.92 Å². The molecule has 1 aromatic heterocycles. The maximum Gasteiger partial charge on any atom is 0.232 e. The minimum Gasteiger partial charge on any atom is -0.507 e. The molecule has 16 heteroatoms. The van der Waals surface area contributed by atoms with Crippen LogP contribution in [-0.2, 0) is 19.1 Å². The molecule has 2 fully saturated rings. The average molecular weight is 613 g/mol. The third-order valence-corrected chi connectivity index (χ3v) is 7.40. The Bertz CT molecular complexity index is 1510. The predicted molar refractivity (Wildman–Crippen MR) is 141 cm³/mol. The molecule has 10 atom stereocenters. The SMILES string of the molecule is COc1cc(O)c2c(=O)c3cc(OC)c(OOC4OC(CO)C(O)C(O)C4OC4OC(C)C(O)C(O)C4O)cc3oc2c1. The highest BCUT2D eigenvalue weighted by molar-refractivity contribution is 5.95. The molecular formula is C27H32O16. The summed E-state index contributed by atoms with van der Waals surface area (Å²) in [6.45, 7) is 0.686. The quantitative estimate of drug-likeness (QED) is 0.0882. The van der Waals surface area contributed by atoms with Gasteiger partial charge in [-0.15, -0.1) is 0 Å². The van der Waals surface area contributed by atoms with Crippen molar-refractivity contribution in [2.24, 2.45) is 0 Å². The van der Waals surface area contributed by atoms with E-state index >= 15 is 0 Å². The van der Waals surface area contributed by atoms with E-state index in [9.17, 15) is 40.5 Å². The number of aliphatic hydroxyl groups is 6. The van der Waals surface area contributed by atoms with Crippen molar-refractivity contribution in [1.29, 1.82) is 0 Å². The minimum absolute atomic E-state index is 0.00543. The number of ether oxygens (including phenoxy) is 5. The lowest BCUT2D eigenvalue weighted by molar-refractivity contribution is -0.413. The number of hydrogen-bond donors (Lipinski definition) is 7. The number of fused-ring (bicyclic) bond motifs is 2. The summed E-state index contributed by atoms with van der Waals surface area (Å²) in [4.78, 5) is 24.0. The van der Waals surface area contributed by atoms with Gasteiger partial charge in [-0.25, -0.2) is 0 Å². The molecule has 16 nitrogen and oxygen atoms in total. The zero-order valence-electron chi connectivity index (χ0n) is 23.1. The van der Waals surface area contributed by atoms with Gasteiger partial charge in [0.15, 0.2) is 12.0 Å². The van der Waals surface area contributed by atoms with Crippen LogP contribution in [-0.4, -0.2) is 118 Å². The van der Waals surface area contributed by atoms with Crippen LogP contribution in [0.5, 0.6) is 23.0 Å². The lowest BCUT2D eigenvalue weighted by Crippen LogP contribution is -2.64. The Hall–Kier alpha value is -3.29. The molecule has 0 amide bonds. The molecule has 3 aromatic rings. The molecule has 0 bridgehead atoms. The lowest BCUT2D eigenvalue weighted by atomic mass is 9.97. The van der Waals surface area contributed by atoms with E-state index in [2.05, 4.69) is 0 Å². The van der Waals surface area contributed by atoms with Gasteiger partial charge in [0, 0.05) is 18.2 Å². The summed E-state index contributed by atoms with van der Waals surface area (Å²) in [5, 5.41) is 71.7. The number of benzene rings is 2. The van der Waals surface area contributed by atoms with Crippen LogP contribution in [0.15, 0.2) is 33.5 Å². The molecule has 2 aliphatic rings. The van der Waals surface area contributed by atoms with Crippen LogP contribution >= 0.6 is 0 Å². The van der Waals surface area contributed by atoms with Gasteiger partial charge in [0.25, 0.3) is 0 Å². The fourth-order valence-corrected chi connectivity index (χ4v) is 4.94. The number of phenolic OH excluding ortho intramolecular Hbond substituents is 1. The highest BCUT2D eigenvalue weighted by Crippen LogP contribution is 2.37. The maximum atomic E-state index is 13.2. The number of phenols is 1. The van der Waals surface area contributed by atoms with Crippen LogP contribution in [0.25, 0.3) is 21.9 Å². The van der Waals surface area contributed by atoms with E-state index in [0.717, 1.165) is 0 Å². The van der Waals surface area contributed by atoms with E-state index in [0.29, 0.717) is 0 Å². The van der Waals surface area contributed by atoms with Crippen molar-refractivity contribution in [3.05, 3.63) is 34.5 Å². The van der Waals surface area contributed by atoms with Crippen molar-refractivity contribution in [2.75, 3.05) is 20.8 Å². The molecule has 5 rings (SSSR count). The normalized spacial score (nSPS) is 33.0. The van der Waals surface area contributed by atoms with E-state index in [-0.39, 0.29) is 44.9 Å².